The Morgan fingerprint density at radius 1 is 1.12 bits per heavy atom. The van der Waals surface area contributed by atoms with Crippen LogP contribution >= 0.6 is 0 Å². The Morgan fingerprint density at radius 3 is 2.52 bits per heavy atom. The number of carbonyl (C=O) groups excluding carboxylic acids is 1. The van der Waals surface area contributed by atoms with Gasteiger partial charge in [0.25, 0.3) is 0 Å². The van der Waals surface area contributed by atoms with Gasteiger partial charge in [-0.2, -0.15) is 0 Å². The minimum Gasteiger partial charge on any atom is -0.546 e. The van der Waals surface area contributed by atoms with Crippen LogP contribution in [0.1, 0.15) is 12.7 Å². The minimum atomic E-state index is -1.33. The molecular weight excluding hydrogens is 324 g/mol. The Balaban J connectivity index is 2.00. The van der Waals surface area contributed by atoms with Crippen molar-refractivity contribution >= 4 is 16.9 Å². The summed E-state index contributed by atoms with van der Waals surface area (Å²) in [6.07, 6.45) is -1.12. The molecule has 0 aliphatic rings. The van der Waals surface area contributed by atoms with Gasteiger partial charge in [0.05, 0.1) is 11.4 Å². The number of aliphatic carboxylic acids is 1. The first-order valence-corrected chi connectivity index (χ1v) is 7.63. The maximum absolute atomic E-state index is 12.7. The predicted octanol–water partition coefficient (Wildman–Crippen LogP) is 2.41. The van der Waals surface area contributed by atoms with Gasteiger partial charge in [-0.3, -0.25) is 4.79 Å². The van der Waals surface area contributed by atoms with E-state index in [4.69, 9.17) is 13.9 Å². The third-order valence-corrected chi connectivity index (χ3v) is 3.59. The zero-order chi connectivity index (χ0) is 18.0. The number of carboxylic acids is 1. The van der Waals surface area contributed by atoms with Gasteiger partial charge in [0.2, 0.25) is 11.2 Å². The van der Waals surface area contributed by atoms with E-state index in [9.17, 15) is 14.7 Å². The summed E-state index contributed by atoms with van der Waals surface area (Å²) in [5, 5.41) is 11.1. The Kier molecular flexibility index (Phi) is 4.43. The second-order valence-electron chi connectivity index (χ2n) is 5.47. The van der Waals surface area contributed by atoms with Crippen LogP contribution in [0.15, 0.2) is 57.7 Å². The molecule has 0 saturated carbocycles. The zero-order valence-electron chi connectivity index (χ0n) is 13.6. The van der Waals surface area contributed by atoms with Crippen LogP contribution in [0.4, 0.5) is 0 Å². The number of carboxylic acid groups (broad SMARTS) is 1. The number of hydrogen-bond acceptors (Lipinski definition) is 6. The first-order chi connectivity index (χ1) is 12.0. The SMILES string of the molecule is Cc1oc2cc(OC(C)C(=O)[O-])ccc2c(=O)c1Oc1ccccc1. The fourth-order valence-corrected chi connectivity index (χ4v) is 2.32. The maximum atomic E-state index is 12.7. The Labute approximate surface area is 143 Å². The largest absolute Gasteiger partial charge is 0.546 e. The molecule has 0 bridgehead atoms. The molecular formula is C19H15O6-. The Hall–Kier alpha value is -3.28. The highest BCUT2D eigenvalue weighted by atomic mass is 16.5. The molecule has 128 valence electrons. The summed E-state index contributed by atoms with van der Waals surface area (Å²) in [5.74, 6) is -0.116. The van der Waals surface area contributed by atoms with Crippen molar-refractivity contribution in [2.45, 2.75) is 20.0 Å². The Bertz CT molecular complexity index is 974. The molecule has 6 heteroatoms. The van der Waals surface area contributed by atoms with Crippen molar-refractivity contribution in [1.29, 1.82) is 0 Å². The van der Waals surface area contributed by atoms with Crippen molar-refractivity contribution in [3.63, 3.8) is 0 Å². The van der Waals surface area contributed by atoms with Crippen molar-refractivity contribution in [1.82, 2.24) is 0 Å². The van der Waals surface area contributed by atoms with Gasteiger partial charge in [-0.05, 0) is 38.1 Å². The van der Waals surface area contributed by atoms with E-state index < -0.39 is 12.1 Å². The third-order valence-electron chi connectivity index (χ3n) is 3.59. The molecule has 1 aromatic heterocycles. The predicted molar refractivity (Wildman–Crippen MR) is 88.8 cm³/mol. The smallest absolute Gasteiger partial charge is 0.235 e. The van der Waals surface area contributed by atoms with Crippen molar-refractivity contribution in [2.24, 2.45) is 0 Å². The number of benzene rings is 2. The van der Waals surface area contributed by atoms with Crippen LogP contribution in [-0.4, -0.2) is 12.1 Å². The second kappa shape index (κ2) is 6.68. The van der Waals surface area contributed by atoms with Crippen LogP contribution in [0.5, 0.6) is 17.2 Å². The van der Waals surface area contributed by atoms with Crippen LogP contribution in [-0.2, 0) is 4.79 Å². The van der Waals surface area contributed by atoms with Crippen molar-refractivity contribution in [3.05, 3.63) is 64.5 Å². The van der Waals surface area contributed by atoms with E-state index in [1.165, 1.54) is 25.1 Å². The summed E-state index contributed by atoms with van der Waals surface area (Å²) in [5.41, 5.74) is -0.0342. The van der Waals surface area contributed by atoms with Crippen LogP contribution in [0.25, 0.3) is 11.0 Å². The van der Waals surface area contributed by atoms with Crippen LogP contribution < -0.4 is 20.0 Å². The fourth-order valence-electron chi connectivity index (χ4n) is 2.32. The van der Waals surface area contributed by atoms with Gasteiger partial charge < -0.3 is 23.8 Å². The molecule has 1 heterocycles. The first-order valence-electron chi connectivity index (χ1n) is 7.63. The summed E-state index contributed by atoms with van der Waals surface area (Å²) < 4.78 is 16.5. The van der Waals surface area contributed by atoms with Crippen LogP contribution in [0.3, 0.4) is 0 Å². The van der Waals surface area contributed by atoms with E-state index in [0.717, 1.165) is 0 Å². The molecule has 0 amide bonds. The number of aryl methyl sites for hydroxylation is 1. The molecule has 3 rings (SSSR count). The van der Waals surface area contributed by atoms with Gasteiger partial charge in [-0.15, -0.1) is 0 Å². The Morgan fingerprint density at radius 2 is 1.84 bits per heavy atom. The summed E-state index contributed by atoms with van der Waals surface area (Å²) in [7, 11) is 0. The molecule has 0 spiro atoms. The average Bonchev–Trinajstić information content (AvgIpc) is 2.59. The molecule has 0 aliphatic carbocycles. The number of ether oxygens (including phenoxy) is 2. The molecule has 25 heavy (non-hydrogen) atoms. The van der Waals surface area contributed by atoms with E-state index in [2.05, 4.69) is 0 Å². The lowest BCUT2D eigenvalue weighted by molar-refractivity contribution is -0.312. The molecule has 0 N–H and O–H groups in total. The maximum Gasteiger partial charge on any atom is 0.235 e. The lowest BCUT2D eigenvalue weighted by Crippen LogP contribution is -2.37. The van der Waals surface area contributed by atoms with Crippen molar-refractivity contribution in [2.75, 3.05) is 0 Å². The molecule has 3 aromatic rings. The molecule has 1 unspecified atom stereocenters. The molecule has 0 aliphatic heterocycles. The molecule has 0 fully saturated rings. The molecule has 0 radical (unpaired) electrons. The topological polar surface area (TPSA) is 88.8 Å². The third kappa shape index (κ3) is 3.47. The van der Waals surface area contributed by atoms with Gasteiger partial charge in [0, 0.05) is 6.07 Å². The fraction of sp³-hybridized carbons (Fsp3) is 0.158. The highest BCUT2D eigenvalue weighted by molar-refractivity contribution is 5.80. The highest BCUT2D eigenvalue weighted by Crippen LogP contribution is 2.27. The standard InChI is InChI=1S/C19H16O6/c1-11-18(25-13-6-4-3-5-7-13)17(20)15-9-8-14(10-16(15)24-11)23-12(2)19(21)22/h3-10,12H,1-2H3,(H,21,22)/p-1. The van der Waals surface area contributed by atoms with Crippen LogP contribution in [0.2, 0.25) is 0 Å². The normalized spacial score (nSPS) is 11.9. The monoisotopic (exact) mass is 339 g/mol. The number of hydrogen-bond donors (Lipinski definition) is 0. The summed E-state index contributed by atoms with van der Waals surface area (Å²) >= 11 is 0. The van der Waals surface area contributed by atoms with E-state index >= 15 is 0 Å². The van der Waals surface area contributed by atoms with E-state index in [-0.39, 0.29) is 22.5 Å². The van der Waals surface area contributed by atoms with Gasteiger partial charge in [0.15, 0.2) is 0 Å². The lowest BCUT2D eigenvalue weighted by Gasteiger charge is -2.15. The van der Waals surface area contributed by atoms with Gasteiger partial charge >= 0.3 is 0 Å². The average molecular weight is 339 g/mol. The summed E-state index contributed by atoms with van der Waals surface area (Å²) in [4.78, 5) is 23.4. The lowest BCUT2D eigenvalue weighted by atomic mass is 10.2. The quantitative estimate of drug-likeness (QED) is 0.709. The van der Waals surface area contributed by atoms with E-state index in [1.807, 2.05) is 6.07 Å². The molecule has 1 atom stereocenters. The van der Waals surface area contributed by atoms with Gasteiger partial charge in [-0.25, -0.2) is 0 Å². The molecule has 2 aromatic carbocycles. The molecule has 0 saturated heterocycles. The number of rotatable bonds is 5. The second-order valence-corrected chi connectivity index (χ2v) is 5.47. The summed E-state index contributed by atoms with van der Waals surface area (Å²) in [6, 6.07) is 13.4. The van der Waals surface area contributed by atoms with Crippen molar-refractivity contribution in [3.8, 4) is 17.2 Å². The zero-order valence-corrected chi connectivity index (χ0v) is 13.6. The van der Waals surface area contributed by atoms with Crippen molar-refractivity contribution < 1.29 is 23.8 Å². The summed E-state index contributed by atoms with van der Waals surface area (Å²) in [6.45, 7) is 2.98. The van der Waals surface area contributed by atoms with Gasteiger partial charge in [0.1, 0.15) is 28.9 Å². The number of fused-ring (bicyclic) bond motifs is 1. The minimum absolute atomic E-state index is 0.107. The number of carbonyl (C=O) groups is 1. The highest BCUT2D eigenvalue weighted by Gasteiger charge is 2.15. The van der Waals surface area contributed by atoms with E-state index in [0.29, 0.717) is 16.9 Å². The van der Waals surface area contributed by atoms with E-state index in [1.54, 1.807) is 31.2 Å². The molecule has 6 nitrogen and oxygen atoms in total. The number of para-hydroxylation sites is 1. The van der Waals surface area contributed by atoms with Gasteiger partial charge in [-0.1, -0.05) is 18.2 Å². The van der Waals surface area contributed by atoms with Crippen LogP contribution in [0, 0.1) is 6.92 Å². The first kappa shape index (κ1) is 16.6.